The molecular weight excluding hydrogens is 72.0 g/mol. The Kier molecular flexibility index (Phi) is 2.40. The Morgan fingerprint density at radius 3 is 2.20 bits per heavy atom. The molecule has 0 aliphatic heterocycles. The second-order valence-electron chi connectivity index (χ2n) is 0.279. The summed E-state index contributed by atoms with van der Waals surface area (Å²) in [5.41, 5.74) is 5.81. The molecule has 2 N–H and O–H groups in total. The number of hydrogen-bond acceptors (Lipinski definition) is 2. The molecule has 5 heteroatoms. The summed E-state index contributed by atoms with van der Waals surface area (Å²) in [4.78, 5) is 0. The van der Waals surface area contributed by atoms with E-state index in [0.717, 1.165) is 0 Å². The number of hydrogen-bond donors (Lipinski definition) is 2. The molecule has 0 amide bonds. The van der Waals surface area contributed by atoms with Gasteiger partial charge in [-0.3, -0.25) is 0 Å². The Balaban J connectivity index is 2.92. The highest BCUT2D eigenvalue weighted by molar-refractivity contribution is 3.80. The van der Waals surface area contributed by atoms with Gasteiger partial charge in [0.05, 0.1) is 0 Å². The molecule has 28 valence electrons. The summed E-state index contributed by atoms with van der Waals surface area (Å²) in [6.07, 6.45) is 0. The summed E-state index contributed by atoms with van der Waals surface area (Å²) in [6.45, 7) is 0. The predicted octanol–water partition coefficient (Wildman–Crippen LogP) is 0.774. The van der Waals surface area contributed by atoms with E-state index in [0.29, 0.717) is 0 Å². The van der Waals surface area contributed by atoms with Gasteiger partial charge < -0.3 is 5.21 Å². The van der Waals surface area contributed by atoms with E-state index < -0.39 is 0 Å². The van der Waals surface area contributed by atoms with Crippen molar-refractivity contribution in [1.29, 1.82) is 5.53 Å². The van der Waals surface area contributed by atoms with Crippen molar-refractivity contribution in [2.75, 3.05) is 0 Å². The lowest BCUT2D eigenvalue weighted by Gasteiger charge is -1.55. The van der Waals surface area contributed by atoms with Crippen LogP contribution in [0.5, 0.6) is 0 Å². The van der Waals surface area contributed by atoms with Gasteiger partial charge in [0, 0.05) is 10.5 Å². The molecule has 0 aromatic carbocycles. The van der Waals surface area contributed by atoms with E-state index in [-0.39, 0.29) is 0 Å². The number of nitrogens with one attached hydrogen (secondary N) is 1. The molecule has 0 rings (SSSR count). The molecule has 0 heterocycles. The van der Waals surface area contributed by atoms with Gasteiger partial charge in [0.15, 0.2) is 0 Å². The van der Waals surface area contributed by atoms with E-state index >= 15 is 0 Å². The van der Waals surface area contributed by atoms with Crippen molar-refractivity contribution in [1.82, 2.24) is 0 Å². The maximum atomic E-state index is 7.31. The Morgan fingerprint density at radius 2 is 2.20 bits per heavy atom. The zero-order chi connectivity index (χ0) is 4.12. The van der Waals surface area contributed by atoms with Crippen LogP contribution < -0.4 is 0 Å². The van der Waals surface area contributed by atoms with Gasteiger partial charge in [-0.2, -0.15) is 5.53 Å². The van der Waals surface area contributed by atoms with E-state index in [1.807, 2.05) is 0 Å². The molecule has 0 aliphatic rings. The molecule has 0 radical (unpaired) electrons. The van der Waals surface area contributed by atoms with Crippen LogP contribution >= 0.6 is 0 Å². The molecule has 0 bridgehead atoms. The molecule has 0 fully saturated rings. The van der Waals surface area contributed by atoms with Gasteiger partial charge in [0.25, 0.3) is 0 Å². The fourth-order valence-electron chi connectivity index (χ4n) is 0.0200. The highest BCUT2D eigenvalue weighted by Crippen LogP contribution is 1.63. The first kappa shape index (κ1) is 4.00. The SMILES string of the molecule is N=N/N=N/O. The van der Waals surface area contributed by atoms with Crippen molar-refractivity contribution in [3.63, 3.8) is 0 Å². The Morgan fingerprint density at radius 1 is 1.60 bits per heavy atom. The van der Waals surface area contributed by atoms with Crippen LogP contribution in [0.4, 0.5) is 0 Å². The van der Waals surface area contributed by atoms with Gasteiger partial charge in [0.2, 0.25) is 0 Å². The van der Waals surface area contributed by atoms with E-state index in [9.17, 15) is 0 Å². The van der Waals surface area contributed by atoms with Crippen molar-refractivity contribution in [2.45, 2.75) is 0 Å². The Bertz CT molecular complexity index is 45.6. The van der Waals surface area contributed by atoms with E-state index in [1.165, 1.54) is 0 Å². The van der Waals surface area contributed by atoms with Gasteiger partial charge in [-0.15, -0.1) is 0 Å². The molecule has 0 aromatic rings. The monoisotopic (exact) mass is 74.0 g/mol. The second kappa shape index (κ2) is 3.00. The lowest BCUT2D eigenvalue weighted by atomic mass is 12.6. The van der Waals surface area contributed by atoms with E-state index in [4.69, 9.17) is 10.7 Å². The molecule has 0 saturated heterocycles. The third-order valence-corrected chi connectivity index (χ3v) is 0.0847. The highest BCUT2D eigenvalue weighted by atomic mass is 16.5. The van der Waals surface area contributed by atoms with Crippen LogP contribution in [0.25, 0.3) is 0 Å². The maximum Gasteiger partial charge on any atom is 0.0466 e. The molecular formula is H2N4O. The quantitative estimate of drug-likeness (QED) is 0.349. The minimum absolute atomic E-state index is 2.12. The number of nitrogens with zero attached hydrogens (tertiary/aromatic N) is 3. The topological polar surface area (TPSA) is 81.2 Å². The summed E-state index contributed by atoms with van der Waals surface area (Å²) >= 11 is 0. The molecule has 5 nitrogen and oxygen atoms in total. The third-order valence-electron chi connectivity index (χ3n) is 0.0847. The van der Waals surface area contributed by atoms with E-state index in [2.05, 4.69) is 15.7 Å². The average molecular weight is 74.0 g/mol. The largest absolute Gasteiger partial charge is 0.393 e. The Hall–Kier alpha value is -1.00. The normalized spacial score (nSPS) is 8.80. The van der Waals surface area contributed by atoms with Crippen molar-refractivity contribution in [3.05, 3.63) is 0 Å². The first-order valence-corrected chi connectivity index (χ1v) is 0.824. The average Bonchev–Trinajstić information content (AvgIpc) is 1.41. The van der Waals surface area contributed by atoms with Crippen LogP contribution in [0.2, 0.25) is 0 Å². The molecule has 0 unspecified atom stereocenters. The van der Waals surface area contributed by atoms with Gasteiger partial charge in [-0.05, 0) is 5.22 Å². The van der Waals surface area contributed by atoms with E-state index in [1.54, 1.807) is 0 Å². The minimum atomic E-state index is 2.12. The van der Waals surface area contributed by atoms with Crippen LogP contribution in [-0.2, 0) is 0 Å². The zero-order valence-electron chi connectivity index (χ0n) is 2.29. The fraction of sp³-hybridized carbons (Fsp3) is 0. The third kappa shape index (κ3) is 3.00. The lowest BCUT2D eigenvalue weighted by Crippen LogP contribution is -1.39. The predicted molar refractivity (Wildman–Crippen MR) is 11.8 cm³/mol. The lowest BCUT2D eigenvalue weighted by molar-refractivity contribution is 0.279. The van der Waals surface area contributed by atoms with Crippen LogP contribution in [0.1, 0.15) is 0 Å². The summed E-state index contributed by atoms with van der Waals surface area (Å²) in [5, 5.41) is 14.2. The van der Waals surface area contributed by atoms with Crippen molar-refractivity contribution in [3.8, 4) is 0 Å². The highest BCUT2D eigenvalue weighted by Gasteiger charge is 1.45. The summed E-state index contributed by atoms with van der Waals surface area (Å²) in [5.74, 6) is 0. The molecule has 0 atom stereocenters. The Labute approximate surface area is 27.8 Å². The van der Waals surface area contributed by atoms with Crippen molar-refractivity contribution < 1.29 is 5.21 Å². The second-order valence-corrected chi connectivity index (χ2v) is 0.279. The maximum absolute atomic E-state index is 7.31. The first-order valence-electron chi connectivity index (χ1n) is 0.824. The first-order chi connectivity index (χ1) is 2.41. The van der Waals surface area contributed by atoms with Gasteiger partial charge in [-0.1, -0.05) is 0 Å². The van der Waals surface area contributed by atoms with Crippen molar-refractivity contribution >= 4 is 0 Å². The number of rotatable bonds is 1. The van der Waals surface area contributed by atoms with Gasteiger partial charge in [0.1, 0.15) is 0 Å². The van der Waals surface area contributed by atoms with Gasteiger partial charge >= 0.3 is 0 Å². The summed E-state index contributed by atoms with van der Waals surface area (Å²) in [7, 11) is 0. The minimum Gasteiger partial charge on any atom is -0.393 e. The molecule has 0 aromatic heterocycles. The van der Waals surface area contributed by atoms with Crippen LogP contribution in [0.15, 0.2) is 15.7 Å². The van der Waals surface area contributed by atoms with Crippen LogP contribution in [-0.4, -0.2) is 5.21 Å². The molecule has 5 heavy (non-hydrogen) atoms. The zero-order valence-corrected chi connectivity index (χ0v) is 2.29. The van der Waals surface area contributed by atoms with Gasteiger partial charge in [-0.25, -0.2) is 0 Å². The molecule has 0 saturated carbocycles. The smallest absolute Gasteiger partial charge is 0.0466 e. The fourth-order valence-corrected chi connectivity index (χ4v) is 0.0200. The summed E-state index contributed by atoms with van der Waals surface area (Å²) in [6, 6.07) is 0. The molecule has 0 spiro atoms. The van der Waals surface area contributed by atoms with Crippen molar-refractivity contribution in [2.24, 2.45) is 15.7 Å². The molecule has 0 aliphatic carbocycles. The standard InChI is InChI=1S/H2N4O/c1-2-3-4-5/h(H2,1,3,5). The van der Waals surface area contributed by atoms with Crippen LogP contribution in [0, 0.1) is 5.53 Å². The van der Waals surface area contributed by atoms with Crippen LogP contribution in [0.3, 0.4) is 0 Å². The summed E-state index contributed by atoms with van der Waals surface area (Å²) < 4.78 is 0.